The lowest BCUT2D eigenvalue weighted by molar-refractivity contribution is 0.107. The van der Waals surface area contributed by atoms with Gasteiger partial charge in [0.25, 0.3) is 0 Å². The van der Waals surface area contributed by atoms with Gasteiger partial charge in [0.05, 0.1) is 6.04 Å². The molecular weight excluding hydrogens is 241 g/mol. The van der Waals surface area contributed by atoms with E-state index >= 15 is 0 Å². The van der Waals surface area contributed by atoms with Gasteiger partial charge in [0.2, 0.25) is 0 Å². The van der Waals surface area contributed by atoms with Crippen LogP contribution < -0.4 is 11.3 Å². The first kappa shape index (κ1) is 14.4. The highest BCUT2D eigenvalue weighted by molar-refractivity contribution is 5.28. The van der Waals surface area contributed by atoms with Crippen LogP contribution in [-0.4, -0.2) is 23.5 Å². The monoisotopic (exact) mass is 265 g/mol. The second-order valence-electron chi connectivity index (χ2n) is 5.96. The summed E-state index contributed by atoms with van der Waals surface area (Å²) >= 11 is 0. The smallest absolute Gasteiger partial charge is 0.126 e. The van der Waals surface area contributed by atoms with Crippen molar-refractivity contribution in [2.45, 2.75) is 45.2 Å². The highest BCUT2D eigenvalue weighted by atomic mass is 19.1. The Kier molecular flexibility index (Phi) is 4.23. The number of likely N-dealkylation sites (tertiary alicyclic amines) is 1. The van der Waals surface area contributed by atoms with Crippen molar-refractivity contribution in [3.63, 3.8) is 0 Å². The van der Waals surface area contributed by atoms with Gasteiger partial charge in [-0.05, 0) is 63.9 Å². The number of nitrogens with two attached hydrogens (primary N) is 1. The van der Waals surface area contributed by atoms with Gasteiger partial charge < -0.3 is 0 Å². The first-order chi connectivity index (χ1) is 8.96. The Morgan fingerprint density at radius 2 is 1.95 bits per heavy atom. The summed E-state index contributed by atoms with van der Waals surface area (Å²) in [7, 11) is 0. The third-order valence-electron chi connectivity index (χ3n) is 4.32. The van der Waals surface area contributed by atoms with Crippen LogP contribution in [0.1, 0.15) is 43.9 Å². The van der Waals surface area contributed by atoms with Gasteiger partial charge in [-0.15, -0.1) is 0 Å². The molecule has 1 heterocycles. The molecule has 0 radical (unpaired) electrons. The topological polar surface area (TPSA) is 41.3 Å². The molecule has 1 aliphatic heterocycles. The highest BCUT2D eigenvalue weighted by Gasteiger charge is 2.37. The largest absolute Gasteiger partial charge is 0.296 e. The van der Waals surface area contributed by atoms with E-state index in [0.29, 0.717) is 5.56 Å². The fourth-order valence-corrected chi connectivity index (χ4v) is 2.97. The Hall–Kier alpha value is -0.970. The van der Waals surface area contributed by atoms with E-state index in [1.807, 2.05) is 12.1 Å². The Balaban J connectivity index is 2.29. The zero-order valence-corrected chi connectivity index (χ0v) is 12.0. The minimum absolute atomic E-state index is 0.0827. The van der Waals surface area contributed by atoms with Crippen molar-refractivity contribution >= 4 is 0 Å². The highest BCUT2D eigenvalue weighted by Crippen LogP contribution is 2.33. The van der Waals surface area contributed by atoms with Gasteiger partial charge >= 0.3 is 0 Å². The zero-order chi connectivity index (χ0) is 14.0. The van der Waals surface area contributed by atoms with Crippen molar-refractivity contribution in [1.29, 1.82) is 0 Å². The first-order valence-corrected chi connectivity index (χ1v) is 6.94. The number of rotatable bonds is 4. The van der Waals surface area contributed by atoms with Crippen LogP contribution in [-0.2, 0) is 0 Å². The molecule has 0 saturated carbocycles. The molecule has 0 aliphatic carbocycles. The third kappa shape index (κ3) is 2.81. The lowest BCUT2D eigenvalue weighted by Gasteiger charge is -2.42. The molecule has 0 aromatic heterocycles. The molecule has 0 bridgehead atoms. The summed E-state index contributed by atoms with van der Waals surface area (Å²) in [5, 5.41) is 0. The Bertz CT molecular complexity index is 439. The molecule has 19 heavy (non-hydrogen) atoms. The predicted molar refractivity (Wildman–Crippen MR) is 76.1 cm³/mol. The molecule has 4 heteroatoms. The number of aryl methyl sites for hydroxylation is 1. The number of hydrazine groups is 1. The van der Waals surface area contributed by atoms with Crippen LogP contribution in [0.5, 0.6) is 0 Å². The third-order valence-corrected chi connectivity index (χ3v) is 4.32. The van der Waals surface area contributed by atoms with Gasteiger partial charge in [0, 0.05) is 5.54 Å². The van der Waals surface area contributed by atoms with Crippen LogP contribution in [0.15, 0.2) is 18.2 Å². The molecular formula is C15H24FN3. The van der Waals surface area contributed by atoms with Crippen LogP contribution in [0.25, 0.3) is 0 Å². The zero-order valence-electron chi connectivity index (χ0n) is 12.0. The molecule has 1 atom stereocenters. The molecule has 3 nitrogen and oxygen atoms in total. The quantitative estimate of drug-likeness (QED) is 0.649. The van der Waals surface area contributed by atoms with Gasteiger partial charge in [-0.3, -0.25) is 16.2 Å². The number of nitrogens with one attached hydrogen (secondary N) is 1. The molecule has 1 aromatic rings. The molecule has 1 unspecified atom stereocenters. The second kappa shape index (κ2) is 5.57. The van der Waals surface area contributed by atoms with Crippen molar-refractivity contribution in [2.24, 2.45) is 5.84 Å². The van der Waals surface area contributed by atoms with E-state index in [-0.39, 0.29) is 17.4 Å². The predicted octanol–water partition coefficient (Wildman–Crippen LogP) is 2.51. The van der Waals surface area contributed by atoms with Crippen LogP contribution in [0.3, 0.4) is 0 Å². The summed E-state index contributed by atoms with van der Waals surface area (Å²) in [5.41, 5.74) is 4.31. The SMILES string of the molecule is Cc1ccc(C(NN)C(C)(C)N2CCCC2)cc1F. The van der Waals surface area contributed by atoms with Crippen LogP contribution in [0.2, 0.25) is 0 Å². The molecule has 1 fully saturated rings. The van der Waals surface area contributed by atoms with Crippen LogP contribution in [0.4, 0.5) is 4.39 Å². The fourth-order valence-electron chi connectivity index (χ4n) is 2.97. The number of hydrogen-bond donors (Lipinski definition) is 2. The van der Waals surface area contributed by atoms with Crippen molar-refractivity contribution in [1.82, 2.24) is 10.3 Å². The standard InChI is InChI=1S/C15H24FN3/c1-11-6-7-12(10-13(11)16)14(18-17)15(2,3)19-8-4-5-9-19/h6-7,10,14,18H,4-5,8-9,17H2,1-3H3. The van der Waals surface area contributed by atoms with Gasteiger partial charge in [0.15, 0.2) is 0 Å². The van der Waals surface area contributed by atoms with Gasteiger partial charge in [-0.25, -0.2) is 4.39 Å². The first-order valence-electron chi connectivity index (χ1n) is 6.94. The van der Waals surface area contributed by atoms with Gasteiger partial charge in [-0.1, -0.05) is 12.1 Å². The fraction of sp³-hybridized carbons (Fsp3) is 0.600. The Morgan fingerprint density at radius 1 is 1.32 bits per heavy atom. The van der Waals surface area contributed by atoms with Crippen molar-refractivity contribution in [2.75, 3.05) is 13.1 Å². The van der Waals surface area contributed by atoms with Gasteiger partial charge in [-0.2, -0.15) is 0 Å². The number of halogens is 1. The minimum Gasteiger partial charge on any atom is -0.296 e. The molecule has 2 rings (SSSR count). The summed E-state index contributed by atoms with van der Waals surface area (Å²) in [6.45, 7) is 8.27. The van der Waals surface area contributed by atoms with E-state index in [9.17, 15) is 4.39 Å². The van der Waals surface area contributed by atoms with Crippen molar-refractivity contribution < 1.29 is 4.39 Å². The summed E-state index contributed by atoms with van der Waals surface area (Å²) < 4.78 is 13.8. The van der Waals surface area contributed by atoms with E-state index in [1.54, 1.807) is 13.0 Å². The Morgan fingerprint density at radius 3 is 2.47 bits per heavy atom. The summed E-state index contributed by atoms with van der Waals surface area (Å²) in [6.07, 6.45) is 2.45. The molecule has 106 valence electrons. The van der Waals surface area contributed by atoms with Crippen molar-refractivity contribution in [3.05, 3.63) is 35.1 Å². The lowest BCUT2D eigenvalue weighted by Crippen LogP contribution is -2.53. The molecule has 1 aliphatic rings. The average Bonchev–Trinajstić information content (AvgIpc) is 2.88. The van der Waals surface area contributed by atoms with Gasteiger partial charge in [0.1, 0.15) is 5.82 Å². The molecule has 3 N–H and O–H groups in total. The average molecular weight is 265 g/mol. The molecule has 0 spiro atoms. The van der Waals surface area contributed by atoms with E-state index in [0.717, 1.165) is 18.7 Å². The number of nitrogens with zero attached hydrogens (tertiary/aromatic N) is 1. The summed E-state index contributed by atoms with van der Waals surface area (Å²) in [4.78, 5) is 2.43. The van der Waals surface area contributed by atoms with Crippen LogP contribution in [0, 0.1) is 12.7 Å². The summed E-state index contributed by atoms with van der Waals surface area (Å²) in [6, 6.07) is 5.29. The maximum Gasteiger partial charge on any atom is 0.126 e. The summed E-state index contributed by atoms with van der Waals surface area (Å²) in [5.74, 6) is 5.58. The minimum atomic E-state index is -0.171. The maximum absolute atomic E-state index is 13.8. The lowest BCUT2D eigenvalue weighted by atomic mass is 9.87. The second-order valence-corrected chi connectivity index (χ2v) is 5.96. The normalized spacial score (nSPS) is 18.8. The van der Waals surface area contributed by atoms with E-state index in [1.165, 1.54) is 12.8 Å². The molecule has 1 saturated heterocycles. The van der Waals surface area contributed by atoms with E-state index in [2.05, 4.69) is 24.2 Å². The van der Waals surface area contributed by atoms with Crippen molar-refractivity contribution in [3.8, 4) is 0 Å². The molecule has 0 amide bonds. The Labute approximate surface area is 114 Å². The molecule has 1 aromatic carbocycles. The maximum atomic E-state index is 13.8. The van der Waals surface area contributed by atoms with E-state index < -0.39 is 0 Å². The number of hydrogen-bond acceptors (Lipinski definition) is 3. The van der Waals surface area contributed by atoms with E-state index in [4.69, 9.17) is 5.84 Å². The number of benzene rings is 1. The van der Waals surface area contributed by atoms with Crippen LogP contribution >= 0.6 is 0 Å².